The average molecular weight is 433 g/mol. The smallest absolute Gasteiger partial charge is 0.178 e. The minimum absolute atomic E-state index is 0.0948. The molecule has 1 unspecified atom stereocenters. The molecule has 4 nitrogen and oxygen atoms in total. The van der Waals surface area contributed by atoms with Crippen molar-refractivity contribution in [2.45, 2.75) is 35.2 Å². The van der Waals surface area contributed by atoms with E-state index in [0.717, 1.165) is 30.6 Å². The Balaban J connectivity index is 1.50. The van der Waals surface area contributed by atoms with Crippen LogP contribution in [0, 0.1) is 0 Å². The van der Waals surface area contributed by atoms with Crippen LogP contribution in [0.15, 0.2) is 58.3 Å². The van der Waals surface area contributed by atoms with Crippen molar-refractivity contribution in [2.24, 2.45) is 0 Å². The lowest BCUT2D eigenvalue weighted by atomic mass is 10.1. The summed E-state index contributed by atoms with van der Waals surface area (Å²) in [6.07, 6.45) is 8.67. The Morgan fingerprint density at radius 1 is 1.07 bits per heavy atom. The molecule has 0 saturated carbocycles. The number of hydrogen-bond donors (Lipinski definition) is 0. The van der Waals surface area contributed by atoms with Gasteiger partial charge in [0.25, 0.3) is 0 Å². The molecule has 29 heavy (non-hydrogen) atoms. The Bertz CT molecular complexity index is 881. The van der Waals surface area contributed by atoms with Gasteiger partial charge in [-0.15, -0.1) is 11.8 Å². The van der Waals surface area contributed by atoms with Gasteiger partial charge in [-0.25, -0.2) is 8.42 Å². The minimum Gasteiger partial charge on any atom is -0.379 e. The molecule has 2 aromatic carbocycles. The molecule has 0 N–H and O–H groups in total. The van der Waals surface area contributed by atoms with E-state index in [2.05, 4.69) is 30.5 Å². The number of benzene rings is 2. The van der Waals surface area contributed by atoms with Gasteiger partial charge in [0.2, 0.25) is 0 Å². The highest BCUT2D eigenvalue weighted by Crippen LogP contribution is 2.18. The zero-order valence-corrected chi connectivity index (χ0v) is 18.4. The molecule has 0 aliphatic carbocycles. The second kappa shape index (κ2) is 11.0. The lowest BCUT2D eigenvalue weighted by Crippen LogP contribution is -2.26. The van der Waals surface area contributed by atoms with E-state index in [9.17, 15) is 8.42 Å². The van der Waals surface area contributed by atoms with Crippen molar-refractivity contribution in [3.05, 3.63) is 59.7 Å². The van der Waals surface area contributed by atoms with Crippen molar-refractivity contribution in [2.75, 3.05) is 31.8 Å². The van der Waals surface area contributed by atoms with Gasteiger partial charge in [0.05, 0.1) is 23.4 Å². The van der Waals surface area contributed by atoms with Crippen molar-refractivity contribution in [1.82, 2.24) is 0 Å². The fourth-order valence-electron chi connectivity index (χ4n) is 3.15. The summed E-state index contributed by atoms with van der Waals surface area (Å²) in [5, 5.41) is 0. The number of sulfone groups is 1. The molecule has 0 amide bonds. The Morgan fingerprint density at radius 3 is 2.31 bits per heavy atom. The van der Waals surface area contributed by atoms with E-state index in [-0.39, 0.29) is 11.9 Å². The molecule has 0 spiro atoms. The molecule has 0 bridgehead atoms. The molecule has 1 saturated heterocycles. The van der Waals surface area contributed by atoms with Gasteiger partial charge < -0.3 is 9.47 Å². The highest BCUT2D eigenvalue weighted by Gasteiger charge is 2.16. The predicted molar refractivity (Wildman–Crippen MR) is 120 cm³/mol. The summed E-state index contributed by atoms with van der Waals surface area (Å²) in [6.45, 7) is 1.86. The first-order valence-electron chi connectivity index (χ1n) is 9.91. The maximum atomic E-state index is 12.5. The number of hydrogen-bond acceptors (Lipinski definition) is 5. The molecule has 156 valence electrons. The third-order valence-corrected chi connectivity index (χ3v) is 7.41. The van der Waals surface area contributed by atoms with Crippen LogP contribution in [0.2, 0.25) is 0 Å². The average Bonchev–Trinajstić information content (AvgIpc) is 2.77. The monoisotopic (exact) mass is 432 g/mol. The second-order valence-corrected chi connectivity index (χ2v) is 10.0. The van der Waals surface area contributed by atoms with E-state index in [4.69, 9.17) is 9.47 Å². The van der Waals surface area contributed by atoms with Crippen LogP contribution in [0.25, 0.3) is 12.2 Å². The highest BCUT2D eigenvalue weighted by atomic mass is 32.2. The summed E-state index contributed by atoms with van der Waals surface area (Å²) >= 11 is 1.72. The first-order valence-corrected chi connectivity index (χ1v) is 12.8. The molecular formula is C23H28O4S2. The van der Waals surface area contributed by atoms with Crippen LogP contribution in [-0.4, -0.2) is 46.4 Å². The maximum Gasteiger partial charge on any atom is 0.178 e. The normalized spacial score (nSPS) is 17.6. The standard InChI is InChI=1S/C23H28O4S2/c1-28-22-11-7-19(8-12-22)5-6-20-9-13-23(14-10-20)29(24,25)17-3-16-27-21-4-2-15-26-18-21/h5-14,21H,2-4,15-18H2,1H3. The quantitative estimate of drug-likeness (QED) is 0.319. The third-order valence-electron chi connectivity index (χ3n) is 4.85. The Hall–Kier alpha value is -1.60. The summed E-state index contributed by atoms with van der Waals surface area (Å²) in [5.74, 6) is 0.0948. The first kappa shape index (κ1) is 22.1. The second-order valence-electron chi connectivity index (χ2n) is 7.06. The van der Waals surface area contributed by atoms with Crippen molar-refractivity contribution in [1.29, 1.82) is 0 Å². The van der Waals surface area contributed by atoms with Gasteiger partial charge in [0.15, 0.2) is 9.84 Å². The van der Waals surface area contributed by atoms with Crippen LogP contribution in [0.1, 0.15) is 30.4 Å². The van der Waals surface area contributed by atoms with Crippen molar-refractivity contribution in [3.63, 3.8) is 0 Å². The first-order chi connectivity index (χ1) is 14.1. The molecule has 1 aliphatic heterocycles. The van der Waals surface area contributed by atoms with Crippen LogP contribution < -0.4 is 0 Å². The highest BCUT2D eigenvalue weighted by molar-refractivity contribution is 7.98. The van der Waals surface area contributed by atoms with Crippen molar-refractivity contribution in [3.8, 4) is 0 Å². The van der Waals surface area contributed by atoms with E-state index in [0.29, 0.717) is 24.5 Å². The van der Waals surface area contributed by atoms with Gasteiger partial charge in [-0.05, 0) is 60.9 Å². The van der Waals surface area contributed by atoms with Crippen LogP contribution in [0.5, 0.6) is 0 Å². The summed E-state index contributed by atoms with van der Waals surface area (Å²) in [6, 6.07) is 15.4. The molecule has 6 heteroatoms. The van der Waals surface area contributed by atoms with Crippen molar-refractivity contribution >= 4 is 33.8 Å². The number of ether oxygens (including phenoxy) is 2. The molecule has 0 aromatic heterocycles. The van der Waals surface area contributed by atoms with E-state index >= 15 is 0 Å². The van der Waals surface area contributed by atoms with Gasteiger partial charge in [0.1, 0.15) is 0 Å². The zero-order chi connectivity index (χ0) is 20.5. The Kier molecular flexibility index (Phi) is 8.36. The molecule has 1 fully saturated rings. The van der Waals surface area contributed by atoms with Gasteiger partial charge in [0, 0.05) is 18.1 Å². The number of rotatable bonds is 9. The molecule has 1 atom stereocenters. The largest absolute Gasteiger partial charge is 0.379 e. The Morgan fingerprint density at radius 2 is 1.72 bits per heavy atom. The van der Waals surface area contributed by atoms with E-state index < -0.39 is 9.84 Å². The van der Waals surface area contributed by atoms with E-state index in [1.54, 1.807) is 23.9 Å². The zero-order valence-electron chi connectivity index (χ0n) is 16.8. The molecule has 1 aliphatic rings. The van der Waals surface area contributed by atoms with Crippen LogP contribution in [-0.2, 0) is 19.3 Å². The number of thioether (sulfide) groups is 1. The fraction of sp³-hybridized carbons (Fsp3) is 0.391. The molecular weight excluding hydrogens is 404 g/mol. The van der Waals surface area contributed by atoms with Crippen LogP contribution in [0.3, 0.4) is 0 Å². The van der Waals surface area contributed by atoms with Crippen LogP contribution in [0.4, 0.5) is 0 Å². The van der Waals surface area contributed by atoms with Gasteiger partial charge in [-0.1, -0.05) is 36.4 Å². The minimum atomic E-state index is -3.29. The summed E-state index contributed by atoms with van der Waals surface area (Å²) in [7, 11) is -3.29. The van der Waals surface area contributed by atoms with E-state index in [1.807, 2.05) is 24.3 Å². The molecule has 2 aromatic rings. The predicted octanol–water partition coefficient (Wildman–Crippen LogP) is 4.94. The lowest BCUT2D eigenvalue weighted by molar-refractivity contribution is -0.0494. The van der Waals surface area contributed by atoms with E-state index in [1.165, 1.54) is 4.90 Å². The third kappa shape index (κ3) is 7.00. The van der Waals surface area contributed by atoms with Gasteiger partial charge in [-0.2, -0.15) is 0 Å². The molecule has 3 rings (SSSR count). The molecule has 1 heterocycles. The van der Waals surface area contributed by atoms with Gasteiger partial charge in [-0.3, -0.25) is 0 Å². The maximum absolute atomic E-state index is 12.5. The van der Waals surface area contributed by atoms with Gasteiger partial charge >= 0.3 is 0 Å². The van der Waals surface area contributed by atoms with Crippen molar-refractivity contribution < 1.29 is 17.9 Å². The fourth-order valence-corrected chi connectivity index (χ4v) is 4.85. The topological polar surface area (TPSA) is 52.6 Å². The SMILES string of the molecule is CSc1ccc(C=Cc2ccc(S(=O)(=O)CCCOC3CCCOC3)cc2)cc1. The Labute approximate surface area is 178 Å². The summed E-state index contributed by atoms with van der Waals surface area (Å²) in [5.41, 5.74) is 2.08. The van der Waals surface area contributed by atoms with Crippen LogP contribution >= 0.6 is 11.8 Å². The molecule has 0 radical (unpaired) electrons. The lowest BCUT2D eigenvalue weighted by Gasteiger charge is -2.22. The summed E-state index contributed by atoms with van der Waals surface area (Å²) < 4.78 is 36.2. The summed E-state index contributed by atoms with van der Waals surface area (Å²) in [4.78, 5) is 1.59.